The first-order chi connectivity index (χ1) is 16.3. The maximum atomic E-state index is 13.8. The highest BCUT2D eigenvalue weighted by Crippen LogP contribution is 2.29. The van der Waals surface area contributed by atoms with E-state index in [1.54, 1.807) is 37.3 Å². The molecule has 0 radical (unpaired) electrons. The predicted octanol–water partition coefficient (Wildman–Crippen LogP) is 4.79. The molecule has 2 amide bonds. The van der Waals surface area contributed by atoms with Crippen molar-refractivity contribution in [3.05, 3.63) is 87.9 Å². The van der Waals surface area contributed by atoms with Crippen LogP contribution in [0.2, 0.25) is 0 Å². The Labute approximate surface area is 202 Å². The standard InChI is InChI=1S/C24H20BrF2N3O4/c1-14(29-30-24(32)23(31)28-20-9-6-17(25)12-19(20)27)16-5-10-21(22(11-16)33-2)34-13-15-3-7-18(26)8-4-15/h3-12H,13H2,1-2H3,(H,28,31)(H,30,32)/b29-14+. The molecule has 0 unspecified atom stereocenters. The van der Waals surface area contributed by atoms with Crippen molar-refractivity contribution in [1.29, 1.82) is 0 Å². The van der Waals surface area contributed by atoms with Gasteiger partial charge in [0.15, 0.2) is 11.5 Å². The summed E-state index contributed by atoms with van der Waals surface area (Å²) in [6, 6.07) is 15.0. The van der Waals surface area contributed by atoms with Gasteiger partial charge < -0.3 is 14.8 Å². The molecule has 0 aliphatic heterocycles. The van der Waals surface area contributed by atoms with Crippen molar-refractivity contribution in [1.82, 2.24) is 5.43 Å². The molecule has 3 rings (SSSR count). The summed E-state index contributed by atoms with van der Waals surface area (Å²) < 4.78 is 38.5. The van der Waals surface area contributed by atoms with Crippen molar-refractivity contribution < 1.29 is 27.8 Å². The number of carbonyl (C=O) groups excluding carboxylic acids is 2. The lowest BCUT2D eigenvalue weighted by Gasteiger charge is -2.12. The second-order valence-electron chi connectivity index (χ2n) is 7.00. The van der Waals surface area contributed by atoms with Gasteiger partial charge in [0.1, 0.15) is 18.2 Å². The lowest BCUT2D eigenvalue weighted by atomic mass is 10.1. The number of hydrogen-bond acceptors (Lipinski definition) is 5. The van der Waals surface area contributed by atoms with Gasteiger partial charge in [-0.2, -0.15) is 5.10 Å². The Balaban J connectivity index is 1.62. The minimum atomic E-state index is -1.07. The molecule has 0 atom stereocenters. The van der Waals surface area contributed by atoms with Crippen molar-refractivity contribution >= 4 is 39.1 Å². The van der Waals surface area contributed by atoms with E-state index >= 15 is 0 Å². The molecular formula is C24H20BrF2N3O4. The molecule has 0 saturated carbocycles. The van der Waals surface area contributed by atoms with E-state index in [2.05, 4.69) is 31.8 Å². The van der Waals surface area contributed by atoms with Crippen LogP contribution in [-0.2, 0) is 16.2 Å². The van der Waals surface area contributed by atoms with E-state index in [4.69, 9.17) is 9.47 Å². The van der Waals surface area contributed by atoms with Crippen LogP contribution < -0.4 is 20.2 Å². The van der Waals surface area contributed by atoms with E-state index in [0.29, 0.717) is 27.2 Å². The predicted molar refractivity (Wildman–Crippen MR) is 127 cm³/mol. The van der Waals surface area contributed by atoms with Gasteiger partial charge in [-0.1, -0.05) is 28.1 Å². The largest absolute Gasteiger partial charge is 0.493 e. The first-order valence-corrected chi connectivity index (χ1v) is 10.7. The Kier molecular flexibility index (Phi) is 8.31. The van der Waals surface area contributed by atoms with Gasteiger partial charge in [-0.15, -0.1) is 0 Å². The smallest absolute Gasteiger partial charge is 0.329 e. The van der Waals surface area contributed by atoms with Gasteiger partial charge in [0.25, 0.3) is 0 Å². The van der Waals surface area contributed by atoms with Crippen LogP contribution in [0.5, 0.6) is 11.5 Å². The number of ether oxygens (including phenoxy) is 2. The van der Waals surface area contributed by atoms with Crippen molar-refractivity contribution in [3.63, 3.8) is 0 Å². The number of amides is 2. The molecule has 7 nitrogen and oxygen atoms in total. The van der Waals surface area contributed by atoms with Crippen LogP contribution in [0.15, 0.2) is 70.2 Å². The first-order valence-electron chi connectivity index (χ1n) is 9.93. The molecule has 10 heteroatoms. The van der Waals surface area contributed by atoms with Gasteiger partial charge in [0.05, 0.1) is 18.5 Å². The summed E-state index contributed by atoms with van der Waals surface area (Å²) in [6.45, 7) is 1.84. The Morgan fingerprint density at radius 3 is 2.38 bits per heavy atom. The molecule has 0 aliphatic rings. The van der Waals surface area contributed by atoms with Gasteiger partial charge in [0, 0.05) is 10.0 Å². The number of methoxy groups -OCH3 is 1. The average Bonchev–Trinajstić information content (AvgIpc) is 2.83. The number of anilines is 1. The fourth-order valence-electron chi connectivity index (χ4n) is 2.77. The SMILES string of the molecule is COc1cc(/C(C)=N/NC(=O)C(=O)Nc2ccc(Br)cc2F)ccc1OCc1ccc(F)cc1. The van der Waals surface area contributed by atoms with E-state index in [9.17, 15) is 18.4 Å². The second kappa shape index (κ2) is 11.4. The summed E-state index contributed by atoms with van der Waals surface area (Å²) in [5.74, 6) is -2.27. The molecule has 0 spiro atoms. The topological polar surface area (TPSA) is 89.0 Å². The fraction of sp³-hybridized carbons (Fsp3) is 0.125. The lowest BCUT2D eigenvalue weighted by Crippen LogP contribution is -2.33. The molecule has 0 bridgehead atoms. The molecule has 0 heterocycles. The van der Waals surface area contributed by atoms with E-state index in [-0.39, 0.29) is 18.1 Å². The number of hydrogen-bond donors (Lipinski definition) is 2. The number of hydrazone groups is 1. The zero-order chi connectivity index (χ0) is 24.7. The normalized spacial score (nSPS) is 11.0. The Bertz CT molecular complexity index is 1230. The first kappa shape index (κ1) is 24.8. The van der Waals surface area contributed by atoms with Crippen LogP contribution in [0.4, 0.5) is 14.5 Å². The number of carbonyl (C=O) groups is 2. The molecule has 176 valence electrons. The number of nitrogens with zero attached hydrogens (tertiary/aromatic N) is 1. The number of benzene rings is 3. The monoisotopic (exact) mass is 531 g/mol. The average molecular weight is 532 g/mol. The Hall–Kier alpha value is -3.79. The van der Waals surface area contributed by atoms with Crippen LogP contribution in [-0.4, -0.2) is 24.6 Å². The number of nitrogens with one attached hydrogen (secondary N) is 2. The van der Waals surface area contributed by atoms with Crippen LogP contribution in [0.3, 0.4) is 0 Å². The van der Waals surface area contributed by atoms with Crippen molar-refractivity contribution in [2.24, 2.45) is 5.10 Å². The summed E-state index contributed by atoms with van der Waals surface area (Å²) >= 11 is 3.11. The molecule has 3 aromatic carbocycles. The third-order valence-electron chi connectivity index (χ3n) is 4.60. The van der Waals surface area contributed by atoms with Crippen LogP contribution in [0, 0.1) is 11.6 Å². The second-order valence-corrected chi connectivity index (χ2v) is 7.91. The maximum Gasteiger partial charge on any atom is 0.329 e. The van der Waals surface area contributed by atoms with Crippen LogP contribution >= 0.6 is 15.9 Å². The summed E-state index contributed by atoms with van der Waals surface area (Å²) in [7, 11) is 1.48. The molecule has 34 heavy (non-hydrogen) atoms. The minimum Gasteiger partial charge on any atom is -0.493 e. The maximum absolute atomic E-state index is 13.8. The summed E-state index contributed by atoms with van der Waals surface area (Å²) in [4.78, 5) is 24.1. The van der Waals surface area contributed by atoms with Gasteiger partial charge in [-0.05, 0) is 61.0 Å². The fourth-order valence-corrected chi connectivity index (χ4v) is 3.11. The highest BCUT2D eigenvalue weighted by molar-refractivity contribution is 9.10. The Morgan fingerprint density at radius 1 is 0.971 bits per heavy atom. The summed E-state index contributed by atoms with van der Waals surface area (Å²) in [6.07, 6.45) is 0. The molecule has 0 aromatic heterocycles. The molecule has 0 aliphatic carbocycles. The summed E-state index contributed by atoms with van der Waals surface area (Å²) in [5.41, 5.74) is 3.78. The van der Waals surface area contributed by atoms with E-state index < -0.39 is 17.6 Å². The van der Waals surface area contributed by atoms with Crippen LogP contribution in [0.1, 0.15) is 18.1 Å². The third-order valence-corrected chi connectivity index (χ3v) is 5.09. The zero-order valence-electron chi connectivity index (χ0n) is 18.2. The number of rotatable bonds is 7. The third kappa shape index (κ3) is 6.61. The van der Waals surface area contributed by atoms with Gasteiger partial charge in [0.2, 0.25) is 0 Å². The van der Waals surface area contributed by atoms with Gasteiger partial charge in [-0.3, -0.25) is 9.59 Å². The molecular weight excluding hydrogens is 512 g/mol. The van der Waals surface area contributed by atoms with Gasteiger partial charge >= 0.3 is 11.8 Å². The number of halogens is 3. The van der Waals surface area contributed by atoms with Crippen molar-refractivity contribution in [2.45, 2.75) is 13.5 Å². The van der Waals surface area contributed by atoms with E-state index in [0.717, 1.165) is 11.6 Å². The molecule has 3 aromatic rings. The lowest BCUT2D eigenvalue weighted by molar-refractivity contribution is -0.136. The van der Waals surface area contributed by atoms with Crippen LogP contribution in [0.25, 0.3) is 0 Å². The quantitative estimate of drug-likeness (QED) is 0.260. The van der Waals surface area contributed by atoms with E-state index in [1.165, 1.54) is 31.4 Å². The van der Waals surface area contributed by atoms with Gasteiger partial charge in [-0.25, -0.2) is 14.2 Å². The van der Waals surface area contributed by atoms with Crippen molar-refractivity contribution in [3.8, 4) is 11.5 Å². The zero-order valence-corrected chi connectivity index (χ0v) is 19.8. The van der Waals surface area contributed by atoms with E-state index in [1.807, 2.05) is 0 Å². The highest BCUT2D eigenvalue weighted by atomic mass is 79.9. The van der Waals surface area contributed by atoms with Crippen molar-refractivity contribution in [2.75, 3.05) is 12.4 Å². The molecule has 0 fully saturated rings. The summed E-state index contributed by atoms with van der Waals surface area (Å²) in [5, 5.41) is 6.11. The Morgan fingerprint density at radius 2 is 1.71 bits per heavy atom. The molecule has 2 N–H and O–H groups in total. The minimum absolute atomic E-state index is 0.134. The molecule has 0 saturated heterocycles. The highest BCUT2D eigenvalue weighted by Gasteiger charge is 2.16.